The molecule has 0 spiro atoms. The molecule has 148 valence electrons. The Morgan fingerprint density at radius 3 is 2.63 bits per heavy atom. The van der Waals surface area contributed by atoms with Crippen LogP contribution in [0.3, 0.4) is 0 Å². The molecule has 2 heterocycles. The van der Waals surface area contributed by atoms with E-state index in [-0.39, 0.29) is 18.6 Å². The maximum atomic E-state index is 12.5. The van der Waals surface area contributed by atoms with Crippen molar-refractivity contribution in [1.82, 2.24) is 9.47 Å². The standard InChI is InChI=1S/C19H26N2O6/c1-6-11-20-14(22)8-7-9-15(20)26-13-10-12-21(16(13)17(23)25-5)18(24)27-19(2,3)4/h6-9,13,16H,1,10-12H2,2-5H3/t13-,16-/m0/s1. The van der Waals surface area contributed by atoms with Crippen LogP contribution in [0.15, 0.2) is 35.6 Å². The van der Waals surface area contributed by atoms with Crippen LogP contribution in [0.4, 0.5) is 4.79 Å². The summed E-state index contributed by atoms with van der Waals surface area (Å²) in [7, 11) is 1.25. The van der Waals surface area contributed by atoms with Gasteiger partial charge in [-0.1, -0.05) is 12.1 Å². The third-order valence-corrected chi connectivity index (χ3v) is 4.01. The molecule has 1 aromatic rings. The molecule has 8 heteroatoms. The first-order valence-electron chi connectivity index (χ1n) is 8.73. The van der Waals surface area contributed by atoms with E-state index in [0.717, 1.165) is 0 Å². The SMILES string of the molecule is C=CCn1c(O[C@H]2CCN(C(=O)OC(C)(C)C)[C@@H]2C(=O)OC)cccc1=O. The van der Waals surface area contributed by atoms with Gasteiger partial charge in [-0.25, -0.2) is 9.59 Å². The minimum Gasteiger partial charge on any atom is -0.473 e. The Kier molecular flexibility index (Phi) is 6.30. The Balaban J connectivity index is 2.28. The number of rotatable bonds is 5. The molecule has 8 nitrogen and oxygen atoms in total. The quantitative estimate of drug-likeness (QED) is 0.575. The second-order valence-corrected chi connectivity index (χ2v) is 7.19. The van der Waals surface area contributed by atoms with Gasteiger partial charge >= 0.3 is 12.1 Å². The summed E-state index contributed by atoms with van der Waals surface area (Å²) in [6.45, 7) is 9.43. The number of amides is 1. The zero-order chi connectivity index (χ0) is 20.2. The molecule has 0 bridgehead atoms. The molecular formula is C19H26N2O6. The molecule has 1 amide bonds. The summed E-state index contributed by atoms with van der Waals surface area (Å²) in [5.41, 5.74) is -0.940. The normalized spacial score (nSPS) is 19.5. The van der Waals surface area contributed by atoms with Crippen LogP contribution in [0.25, 0.3) is 0 Å². The summed E-state index contributed by atoms with van der Waals surface area (Å²) in [6.07, 6.45) is 0.701. The fourth-order valence-corrected chi connectivity index (χ4v) is 2.88. The van der Waals surface area contributed by atoms with Gasteiger partial charge in [0.25, 0.3) is 5.56 Å². The van der Waals surface area contributed by atoms with Crippen molar-refractivity contribution >= 4 is 12.1 Å². The fraction of sp³-hybridized carbons (Fsp3) is 0.526. The van der Waals surface area contributed by atoms with Crippen molar-refractivity contribution in [2.75, 3.05) is 13.7 Å². The first kappa shape index (κ1) is 20.5. The Labute approximate surface area is 158 Å². The first-order chi connectivity index (χ1) is 12.7. The van der Waals surface area contributed by atoms with Crippen LogP contribution in [-0.4, -0.2) is 52.9 Å². The maximum absolute atomic E-state index is 12.5. The molecule has 1 aromatic heterocycles. The van der Waals surface area contributed by atoms with E-state index in [4.69, 9.17) is 14.2 Å². The average Bonchev–Trinajstić information content (AvgIpc) is 2.99. The molecule has 1 aliphatic rings. The van der Waals surface area contributed by atoms with Crippen molar-refractivity contribution in [3.63, 3.8) is 0 Å². The van der Waals surface area contributed by atoms with Crippen molar-refractivity contribution < 1.29 is 23.8 Å². The molecule has 0 unspecified atom stereocenters. The highest BCUT2D eigenvalue weighted by molar-refractivity contribution is 5.83. The van der Waals surface area contributed by atoms with Crippen molar-refractivity contribution in [2.24, 2.45) is 0 Å². The van der Waals surface area contributed by atoms with Gasteiger partial charge in [-0.3, -0.25) is 14.3 Å². The molecule has 0 aliphatic carbocycles. The van der Waals surface area contributed by atoms with E-state index in [9.17, 15) is 14.4 Å². The average molecular weight is 378 g/mol. The third-order valence-electron chi connectivity index (χ3n) is 4.01. The molecule has 2 rings (SSSR count). The lowest BCUT2D eigenvalue weighted by molar-refractivity contribution is -0.148. The molecule has 1 aliphatic heterocycles. The van der Waals surface area contributed by atoms with Crippen LogP contribution in [0.1, 0.15) is 27.2 Å². The van der Waals surface area contributed by atoms with E-state index in [0.29, 0.717) is 12.3 Å². The van der Waals surface area contributed by atoms with E-state index >= 15 is 0 Å². The summed E-state index contributed by atoms with van der Waals surface area (Å²) in [5.74, 6) is -0.302. The highest BCUT2D eigenvalue weighted by atomic mass is 16.6. The summed E-state index contributed by atoms with van der Waals surface area (Å²) in [6, 6.07) is 3.66. The van der Waals surface area contributed by atoms with Gasteiger partial charge in [-0.05, 0) is 26.8 Å². The van der Waals surface area contributed by atoms with Gasteiger partial charge < -0.3 is 14.2 Å². The van der Waals surface area contributed by atoms with Gasteiger partial charge in [-0.2, -0.15) is 0 Å². The number of pyridine rings is 1. The van der Waals surface area contributed by atoms with Crippen LogP contribution < -0.4 is 10.3 Å². The topological polar surface area (TPSA) is 87.1 Å². The van der Waals surface area contributed by atoms with Gasteiger partial charge in [0.1, 0.15) is 11.7 Å². The Hall–Kier alpha value is -2.77. The van der Waals surface area contributed by atoms with Gasteiger partial charge in [0.2, 0.25) is 0 Å². The van der Waals surface area contributed by atoms with Crippen molar-refractivity contribution in [3.05, 3.63) is 41.2 Å². The molecule has 1 saturated heterocycles. The van der Waals surface area contributed by atoms with Crippen molar-refractivity contribution in [1.29, 1.82) is 0 Å². The third kappa shape index (κ3) is 4.90. The number of carbonyl (C=O) groups excluding carboxylic acids is 2. The molecule has 0 aromatic carbocycles. The Morgan fingerprint density at radius 1 is 1.33 bits per heavy atom. The summed E-state index contributed by atoms with van der Waals surface area (Å²) < 4.78 is 17.6. The van der Waals surface area contributed by atoms with E-state index in [2.05, 4.69) is 6.58 Å². The number of esters is 1. The molecular weight excluding hydrogens is 352 g/mol. The van der Waals surface area contributed by atoms with Crippen LogP contribution in [0.2, 0.25) is 0 Å². The highest BCUT2D eigenvalue weighted by Crippen LogP contribution is 2.26. The number of nitrogens with zero attached hydrogens (tertiary/aromatic N) is 2. The van der Waals surface area contributed by atoms with Gasteiger partial charge in [-0.15, -0.1) is 6.58 Å². The Morgan fingerprint density at radius 2 is 2.04 bits per heavy atom. The number of likely N-dealkylation sites (tertiary alicyclic amines) is 1. The monoisotopic (exact) mass is 378 g/mol. The molecule has 0 saturated carbocycles. The predicted molar refractivity (Wildman–Crippen MR) is 98.7 cm³/mol. The molecule has 0 radical (unpaired) electrons. The number of carbonyl (C=O) groups is 2. The smallest absolute Gasteiger partial charge is 0.411 e. The zero-order valence-electron chi connectivity index (χ0n) is 16.1. The lowest BCUT2D eigenvalue weighted by Crippen LogP contribution is -2.49. The fourth-order valence-electron chi connectivity index (χ4n) is 2.88. The number of hydrogen-bond acceptors (Lipinski definition) is 6. The summed E-state index contributed by atoms with van der Waals surface area (Å²) in [5, 5.41) is 0. The van der Waals surface area contributed by atoms with Gasteiger partial charge in [0.05, 0.1) is 7.11 Å². The Bertz CT molecular complexity index is 764. The number of ether oxygens (including phenoxy) is 3. The van der Waals surface area contributed by atoms with Crippen LogP contribution in [0, 0.1) is 0 Å². The highest BCUT2D eigenvalue weighted by Gasteiger charge is 2.46. The molecule has 2 atom stereocenters. The lowest BCUT2D eigenvalue weighted by Gasteiger charge is -2.29. The minimum absolute atomic E-state index is 0.246. The maximum Gasteiger partial charge on any atom is 0.411 e. The van der Waals surface area contributed by atoms with E-state index in [1.165, 1.54) is 22.6 Å². The summed E-state index contributed by atoms with van der Waals surface area (Å²) in [4.78, 5) is 38.2. The molecule has 1 fully saturated rings. The predicted octanol–water partition coefficient (Wildman–Crippen LogP) is 1.96. The van der Waals surface area contributed by atoms with Crippen molar-refractivity contribution in [2.45, 2.75) is 51.5 Å². The van der Waals surface area contributed by atoms with E-state index in [1.807, 2.05) is 0 Å². The number of aromatic nitrogens is 1. The van der Waals surface area contributed by atoms with E-state index < -0.39 is 29.8 Å². The molecule has 27 heavy (non-hydrogen) atoms. The number of hydrogen-bond donors (Lipinski definition) is 0. The largest absolute Gasteiger partial charge is 0.473 e. The summed E-state index contributed by atoms with van der Waals surface area (Å²) >= 11 is 0. The van der Waals surface area contributed by atoms with Crippen molar-refractivity contribution in [3.8, 4) is 5.88 Å². The zero-order valence-corrected chi connectivity index (χ0v) is 16.1. The van der Waals surface area contributed by atoms with Crippen LogP contribution in [0.5, 0.6) is 5.88 Å². The van der Waals surface area contributed by atoms with Crippen LogP contribution >= 0.6 is 0 Å². The lowest BCUT2D eigenvalue weighted by atomic mass is 10.1. The van der Waals surface area contributed by atoms with Crippen LogP contribution in [-0.2, 0) is 20.8 Å². The second-order valence-electron chi connectivity index (χ2n) is 7.19. The molecule has 0 N–H and O–H groups in total. The van der Waals surface area contributed by atoms with E-state index in [1.54, 1.807) is 39.0 Å². The van der Waals surface area contributed by atoms with Gasteiger partial charge in [0, 0.05) is 25.6 Å². The first-order valence-corrected chi connectivity index (χ1v) is 8.73. The minimum atomic E-state index is -0.961. The second kappa shape index (κ2) is 8.28. The number of methoxy groups -OCH3 is 1. The van der Waals surface area contributed by atoms with Gasteiger partial charge in [0.15, 0.2) is 11.9 Å². The number of allylic oxidation sites excluding steroid dienone is 1.